The highest BCUT2D eigenvalue weighted by Crippen LogP contribution is 1.68. The van der Waals surface area contributed by atoms with Crippen LogP contribution in [0, 0.1) is 0 Å². The van der Waals surface area contributed by atoms with Gasteiger partial charge in [-0.1, -0.05) is 31.9 Å². The van der Waals surface area contributed by atoms with Crippen molar-refractivity contribution in [2.24, 2.45) is 11.5 Å². The maximum Gasteiger partial charge on any atom is 0.0154 e. The Morgan fingerprint density at radius 1 is 0.889 bits per heavy atom. The van der Waals surface area contributed by atoms with Crippen LogP contribution >= 0.6 is 48.8 Å². The number of rotatable bonds is 2. The number of alkyl halides is 2. The lowest BCUT2D eigenvalue weighted by molar-refractivity contribution is 1.16. The molecular formula is C4H13Br3N2. The molecule has 9 heavy (non-hydrogen) atoms. The van der Waals surface area contributed by atoms with Crippen LogP contribution in [0.5, 0.6) is 0 Å². The van der Waals surface area contributed by atoms with E-state index in [1.165, 1.54) is 0 Å². The van der Waals surface area contributed by atoms with Crippen molar-refractivity contribution in [2.45, 2.75) is 0 Å². The third-order valence-electron chi connectivity index (χ3n) is 0.218. The standard InChI is InChI=1S/2C2H6BrN.BrH/c2*3-1-2-4;/h2*1-2,4H2;1H. The first kappa shape index (κ1) is 16.8. The number of hydrogen-bond acceptors (Lipinski definition) is 2. The molecule has 0 aromatic heterocycles. The number of hydrogen-bond donors (Lipinski definition) is 2. The predicted molar refractivity (Wildman–Crippen MR) is 56.0 cm³/mol. The van der Waals surface area contributed by atoms with Gasteiger partial charge in [-0.2, -0.15) is 0 Å². The second kappa shape index (κ2) is 22.8. The molecule has 0 spiro atoms. The van der Waals surface area contributed by atoms with Gasteiger partial charge in [-0.05, 0) is 0 Å². The van der Waals surface area contributed by atoms with E-state index in [4.69, 9.17) is 11.5 Å². The largest absolute Gasteiger partial charge is 0.330 e. The monoisotopic (exact) mass is 326 g/mol. The van der Waals surface area contributed by atoms with Gasteiger partial charge in [0.15, 0.2) is 0 Å². The van der Waals surface area contributed by atoms with Crippen LogP contribution in [0.1, 0.15) is 0 Å². The zero-order valence-electron chi connectivity index (χ0n) is 5.15. The van der Waals surface area contributed by atoms with Crippen molar-refractivity contribution < 1.29 is 0 Å². The Labute approximate surface area is 83.8 Å². The van der Waals surface area contributed by atoms with Gasteiger partial charge < -0.3 is 11.5 Å². The van der Waals surface area contributed by atoms with E-state index >= 15 is 0 Å². The first-order chi connectivity index (χ1) is 3.83. The summed E-state index contributed by atoms with van der Waals surface area (Å²) in [6, 6.07) is 0. The van der Waals surface area contributed by atoms with Crippen LogP contribution in [0.3, 0.4) is 0 Å². The van der Waals surface area contributed by atoms with Crippen molar-refractivity contribution in [3.05, 3.63) is 0 Å². The molecule has 0 saturated carbocycles. The summed E-state index contributed by atoms with van der Waals surface area (Å²) < 4.78 is 0. The summed E-state index contributed by atoms with van der Waals surface area (Å²) in [6.45, 7) is 1.47. The van der Waals surface area contributed by atoms with Gasteiger partial charge in [0, 0.05) is 23.7 Å². The normalized spacial score (nSPS) is 6.67. The SMILES string of the molecule is Br.NCCBr.NCCBr. The molecule has 0 aliphatic rings. The Kier molecular flexibility index (Phi) is 42.4. The van der Waals surface area contributed by atoms with Crippen molar-refractivity contribution in [1.29, 1.82) is 0 Å². The van der Waals surface area contributed by atoms with Crippen molar-refractivity contribution >= 4 is 48.8 Å². The fourth-order valence-electron chi connectivity index (χ4n) is 0. The topological polar surface area (TPSA) is 52.0 Å². The number of halogens is 3. The summed E-state index contributed by atoms with van der Waals surface area (Å²) in [4.78, 5) is 0. The predicted octanol–water partition coefficient (Wildman–Crippen LogP) is 1.26. The van der Waals surface area contributed by atoms with E-state index in [0.29, 0.717) is 0 Å². The molecule has 0 unspecified atom stereocenters. The first-order valence-corrected chi connectivity index (χ1v) is 4.59. The van der Waals surface area contributed by atoms with Crippen LogP contribution in [0.25, 0.3) is 0 Å². The lowest BCUT2D eigenvalue weighted by Crippen LogP contribution is -1.97. The van der Waals surface area contributed by atoms with Crippen molar-refractivity contribution in [1.82, 2.24) is 0 Å². The van der Waals surface area contributed by atoms with Gasteiger partial charge >= 0.3 is 0 Å². The molecule has 0 bridgehead atoms. The average Bonchev–Trinajstić information content (AvgIpc) is 1.88. The summed E-state index contributed by atoms with van der Waals surface area (Å²) in [6.07, 6.45) is 0. The molecule has 0 radical (unpaired) electrons. The van der Waals surface area contributed by atoms with E-state index in [9.17, 15) is 0 Å². The summed E-state index contributed by atoms with van der Waals surface area (Å²) >= 11 is 6.25. The van der Waals surface area contributed by atoms with Crippen molar-refractivity contribution in [3.8, 4) is 0 Å². The van der Waals surface area contributed by atoms with E-state index in [2.05, 4.69) is 31.9 Å². The van der Waals surface area contributed by atoms with Crippen LogP contribution in [-0.2, 0) is 0 Å². The fraction of sp³-hybridized carbons (Fsp3) is 1.00. The van der Waals surface area contributed by atoms with E-state index in [0.717, 1.165) is 23.7 Å². The van der Waals surface area contributed by atoms with Gasteiger partial charge in [0.2, 0.25) is 0 Å². The minimum absolute atomic E-state index is 0. The van der Waals surface area contributed by atoms with Crippen molar-refractivity contribution in [3.63, 3.8) is 0 Å². The molecule has 0 aliphatic heterocycles. The van der Waals surface area contributed by atoms with Crippen LogP contribution in [0.15, 0.2) is 0 Å². The van der Waals surface area contributed by atoms with E-state index in [1.54, 1.807) is 0 Å². The highest BCUT2D eigenvalue weighted by Gasteiger charge is 1.58. The van der Waals surface area contributed by atoms with Crippen molar-refractivity contribution in [2.75, 3.05) is 23.7 Å². The molecule has 0 rings (SSSR count). The Hall–Kier alpha value is 1.36. The van der Waals surface area contributed by atoms with Gasteiger partial charge in [0.25, 0.3) is 0 Å². The molecule has 5 heteroatoms. The van der Waals surface area contributed by atoms with Gasteiger partial charge in [0.1, 0.15) is 0 Å². The molecular weight excluding hydrogens is 316 g/mol. The zero-order valence-corrected chi connectivity index (χ0v) is 10.0. The minimum Gasteiger partial charge on any atom is -0.330 e. The molecule has 0 saturated heterocycles. The molecule has 60 valence electrons. The Morgan fingerprint density at radius 3 is 1.00 bits per heavy atom. The Morgan fingerprint density at radius 2 is 1.00 bits per heavy atom. The van der Waals surface area contributed by atoms with Crippen LogP contribution < -0.4 is 11.5 Å². The molecule has 0 aliphatic carbocycles. The maximum absolute atomic E-state index is 4.98. The average molecular weight is 329 g/mol. The second-order valence-electron chi connectivity index (χ2n) is 0.955. The van der Waals surface area contributed by atoms with E-state index in [-0.39, 0.29) is 17.0 Å². The Balaban J connectivity index is -0.0000000720. The summed E-state index contributed by atoms with van der Waals surface area (Å²) in [5.41, 5.74) is 9.96. The molecule has 0 fully saturated rings. The lowest BCUT2D eigenvalue weighted by Gasteiger charge is -1.68. The Bertz CT molecular complexity index is 21.8. The highest BCUT2D eigenvalue weighted by atomic mass is 79.9. The molecule has 0 heterocycles. The molecule has 4 N–H and O–H groups in total. The van der Waals surface area contributed by atoms with Crippen LogP contribution in [0.2, 0.25) is 0 Å². The maximum atomic E-state index is 4.98. The smallest absolute Gasteiger partial charge is 0.0154 e. The molecule has 0 aromatic carbocycles. The van der Waals surface area contributed by atoms with Gasteiger partial charge in [0.05, 0.1) is 0 Å². The van der Waals surface area contributed by atoms with Gasteiger partial charge in [-0.15, -0.1) is 17.0 Å². The second-order valence-corrected chi connectivity index (χ2v) is 2.54. The molecule has 0 atom stereocenters. The third-order valence-corrected chi connectivity index (χ3v) is 1.13. The molecule has 0 amide bonds. The molecule has 0 aromatic rings. The highest BCUT2D eigenvalue weighted by molar-refractivity contribution is 9.09. The van der Waals surface area contributed by atoms with E-state index in [1.807, 2.05) is 0 Å². The van der Waals surface area contributed by atoms with Crippen LogP contribution in [0.4, 0.5) is 0 Å². The van der Waals surface area contributed by atoms with Gasteiger partial charge in [-0.3, -0.25) is 0 Å². The quantitative estimate of drug-likeness (QED) is 0.750. The molecule has 2 nitrogen and oxygen atoms in total. The third kappa shape index (κ3) is 44.9. The first-order valence-electron chi connectivity index (χ1n) is 2.35. The lowest BCUT2D eigenvalue weighted by atomic mass is 10.8. The summed E-state index contributed by atoms with van der Waals surface area (Å²) in [5, 5.41) is 1.82. The minimum atomic E-state index is 0. The number of nitrogens with two attached hydrogens (primary N) is 2. The summed E-state index contributed by atoms with van der Waals surface area (Å²) in [5.74, 6) is 0. The van der Waals surface area contributed by atoms with Gasteiger partial charge in [-0.25, -0.2) is 0 Å². The zero-order chi connectivity index (χ0) is 6.83. The summed E-state index contributed by atoms with van der Waals surface area (Å²) in [7, 11) is 0. The van der Waals surface area contributed by atoms with Crippen LogP contribution in [-0.4, -0.2) is 23.7 Å². The fourth-order valence-corrected chi connectivity index (χ4v) is 0. The van der Waals surface area contributed by atoms with E-state index < -0.39 is 0 Å².